The molecule has 0 unspecified atom stereocenters. The van der Waals surface area contributed by atoms with Gasteiger partial charge in [0.2, 0.25) is 5.78 Å². The van der Waals surface area contributed by atoms with Gasteiger partial charge in [0.15, 0.2) is 0 Å². The summed E-state index contributed by atoms with van der Waals surface area (Å²) in [6.45, 7) is 6.53. The van der Waals surface area contributed by atoms with E-state index >= 15 is 0 Å². The summed E-state index contributed by atoms with van der Waals surface area (Å²) in [5.41, 5.74) is 0.766. The van der Waals surface area contributed by atoms with Crippen molar-refractivity contribution in [3.63, 3.8) is 0 Å². The van der Waals surface area contributed by atoms with Crippen molar-refractivity contribution >= 4 is 19.7 Å². The van der Waals surface area contributed by atoms with Gasteiger partial charge in [-0.05, 0) is 33.3 Å². The fourth-order valence-corrected chi connectivity index (χ4v) is 3.66. The number of carbonyl (C=O) groups excluding carboxylic acids is 2. The quantitative estimate of drug-likeness (QED) is 0.485. The highest BCUT2D eigenvalue weighted by atomic mass is 31.2. The summed E-state index contributed by atoms with van der Waals surface area (Å²) in [4.78, 5) is 24.4. The van der Waals surface area contributed by atoms with Crippen molar-refractivity contribution in [2.75, 3.05) is 13.2 Å². The van der Waals surface area contributed by atoms with Crippen LogP contribution in [0, 0.1) is 0 Å². The van der Waals surface area contributed by atoms with Gasteiger partial charge >= 0.3 is 19.7 Å². The lowest BCUT2D eigenvalue weighted by Crippen LogP contribution is -2.43. The average Bonchev–Trinajstić information content (AvgIpc) is 2.58. The van der Waals surface area contributed by atoms with Gasteiger partial charge in [-0.2, -0.15) is 0 Å². The first kappa shape index (κ1) is 22.2. The maximum absolute atomic E-state index is 12.9. The number of esters is 1. The maximum Gasteiger partial charge on any atom is 0.408 e. The Morgan fingerprint density at radius 3 is 2.15 bits per heavy atom. The minimum atomic E-state index is -3.98. The van der Waals surface area contributed by atoms with Crippen LogP contribution in [-0.4, -0.2) is 37.2 Å². The molecule has 1 aromatic rings. The molecule has 0 saturated carbocycles. The smallest absolute Gasteiger partial charge is 0.408 e. The van der Waals surface area contributed by atoms with Crippen molar-refractivity contribution in [3.8, 4) is 0 Å². The van der Waals surface area contributed by atoms with E-state index in [1.807, 2.05) is 6.07 Å². The van der Waals surface area contributed by atoms with Crippen LogP contribution in [0.3, 0.4) is 0 Å². The van der Waals surface area contributed by atoms with Crippen LogP contribution in [0.15, 0.2) is 30.3 Å². The van der Waals surface area contributed by atoms with Gasteiger partial charge in [-0.15, -0.1) is 0 Å². The molecule has 0 fully saturated rings. The third kappa shape index (κ3) is 7.15. The number of hydrogen-bond acceptors (Lipinski definition) is 7. The highest BCUT2D eigenvalue weighted by molar-refractivity contribution is 7.55. The number of rotatable bonds is 10. The van der Waals surface area contributed by atoms with Gasteiger partial charge < -0.3 is 18.5 Å². The fourth-order valence-electron chi connectivity index (χ4n) is 1.99. The number of nitrogens with one attached hydrogen (secondary N) is 1. The van der Waals surface area contributed by atoms with Crippen LogP contribution in [0.1, 0.15) is 33.3 Å². The Bertz CT molecular complexity index is 611. The Balaban J connectivity index is 2.87. The van der Waals surface area contributed by atoms with Crippen molar-refractivity contribution in [3.05, 3.63) is 35.9 Å². The molecule has 1 aromatic carbocycles. The van der Waals surface area contributed by atoms with Gasteiger partial charge in [0.05, 0.1) is 19.3 Å². The van der Waals surface area contributed by atoms with Crippen molar-refractivity contribution < 1.29 is 32.7 Å². The predicted molar refractivity (Wildman–Crippen MR) is 95.6 cm³/mol. The minimum absolute atomic E-state index is 0.00775. The zero-order valence-electron chi connectivity index (χ0n) is 15.5. The second-order valence-corrected chi connectivity index (χ2v) is 7.58. The van der Waals surface area contributed by atoms with E-state index < -0.39 is 31.5 Å². The van der Waals surface area contributed by atoms with Crippen molar-refractivity contribution in [1.29, 1.82) is 0 Å². The van der Waals surface area contributed by atoms with Crippen LogP contribution in [-0.2, 0) is 34.5 Å². The van der Waals surface area contributed by atoms with Crippen LogP contribution < -0.4 is 5.32 Å². The number of hydrogen-bond donors (Lipinski definition) is 1. The third-order valence-electron chi connectivity index (χ3n) is 2.98. The van der Waals surface area contributed by atoms with Crippen LogP contribution >= 0.6 is 7.60 Å². The lowest BCUT2D eigenvalue weighted by Gasteiger charge is -2.26. The highest BCUT2D eigenvalue weighted by Crippen LogP contribution is 2.52. The summed E-state index contributed by atoms with van der Waals surface area (Å²) in [6.07, 6.45) is -1.40. The van der Waals surface area contributed by atoms with Crippen molar-refractivity contribution in [2.24, 2.45) is 0 Å². The number of amides is 1. The minimum Gasteiger partial charge on any atom is -0.461 e. The van der Waals surface area contributed by atoms with Crippen molar-refractivity contribution in [2.45, 2.75) is 46.2 Å². The van der Waals surface area contributed by atoms with Gasteiger partial charge in [0, 0.05) is 0 Å². The van der Waals surface area contributed by atoms with E-state index in [2.05, 4.69) is 5.32 Å². The van der Waals surface area contributed by atoms with Gasteiger partial charge in [0.1, 0.15) is 6.61 Å². The van der Waals surface area contributed by atoms with Crippen LogP contribution in [0.2, 0.25) is 0 Å². The molecule has 0 heterocycles. The first-order chi connectivity index (χ1) is 12.3. The SMILES string of the molecule is CCOP(=O)(OCC)[C@@H](NC(=O)OCc1ccccc1)C(=O)OC(C)C. The number of alkyl carbamates (subject to hydrolysis) is 1. The van der Waals surface area contributed by atoms with E-state index in [1.54, 1.807) is 52.0 Å². The second kappa shape index (κ2) is 11.0. The molecular formula is C17H26NO7P. The molecule has 1 amide bonds. The van der Waals surface area contributed by atoms with Crippen LogP contribution in [0.5, 0.6) is 0 Å². The number of ether oxygens (including phenoxy) is 2. The molecule has 9 heteroatoms. The highest BCUT2D eigenvalue weighted by Gasteiger charge is 2.44. The molecule has 0 aliphatic rings. The molecular weight excluding hydrogens is 361 g/mol. The zero-order chi connectivity index (χ0) is 19.6. The second-order valence-electron chi connectivity index (χ2n) is 5.47. The molecule has 146 valence electrons. The molecule has 8 nitrogen and oxygen atoms in total. The summed E-state index contributed by atoms with van der Waals surface area (Å²) in [6, 6.07) is 9.00. The predicted octanol–water partition coefficient (Wildman–Crippen LogP) is 3.46. The molecule has 1 atom stereocenters. The summed E-state index contributed by atoms with van der Waals surface area (Å²) in [5, 5.41) is 2.25. The van der Waals surface area contributed by atoms with E-state index in [0.29, 0.717) is 0 Å². The average molecular weight is 387 g/mol. The Labute approximate surface area is 153 Å². The summed E-state index contributed by atoms with van der Waals surface area (Å²) in [7, 11) is -3.98. The molecule has 1 N–H and O–H groups in total. The normalized spacial score (nSPS) is 12.5. The number of benzene rings is 1. The molecule has 0 aromatic heterocycles. The van der Waals surface area contributed by atoms with Gasteiger partial charge in [0.25, 0.3) is 0 Å². The fraction of sp³-hybridized carbons (Fsp3) is 0.529. The summed E-state index contributed by atoms with van der Waals surface area (Å²) < 4.78 is 33.4. The summed E-state index contributed by atoms with van der Waals surface area (Å²) >= 11 is 0. The summed E-state index contributed by atoms with van der Waals surface area (Å²) in [5.74, 6) is -2.53. The molecule has 0 spiro atoms. The maximum atomic E-state index is 12.9. The van der Waals surface area contributed by atoms with E-state index in [0.717, 1.165) is 5.56 Å². The topological polar surface area (TPSA) is 100 Å². The first-order valence-corrected chi connectivity index (χ1v) is 10.00. The molecule has 1 rings (SSSR count). The van der Waals surface area contributed by atoms with Gasteiger partial charge in [-0.25, -0.2) is 9.59 Å². The van der Waals surface area contributed by atoms with Crippen LogP contribution in [0.4, 0.5) is 4.79 Å². The number of carbonyl (C=O) groups is 2. The van der Waals surface area contributed by atoms with E-state index in [4.69, 9.17) is 18.5 Å². The van der Waals surface area contributed by atoms with E-state index in [-0.39, 0.29) is 19.8 Å². The monoisotopic (exact) mass is 387 g/mol. The van der Waals surface area contributed by atoms with Gasteiger partial charge in [-0.3, -0.25) is 9.88 Å². The first-order valence-electron chi connectivity index (χ1n) is 8.38. The lowest BCUT2D eigenvalue weighted by atomic mass is 10.2. The largest absolute Gasteiger partial charge is 0.461 e. The Hall–Kier alpha value is -1.89. The van der Waals surface area contributed by atoms with E-state index in [1.165, 1.54) is 0 Å². The zero-order valence-corrected chi connectivity index (χ0v) is 16.4. The van der Waals surface area contributed by atoms with Gasteiger partial charge in [-0.1, -0.05) is 30.3 Å². The Kier molecular flexibility index (Phi) is 9.34. The molecule has 0 saturated heterocycles. The molecule has 0 bridgehead atoms. The Morgan fingerprint density at radius 1 is 1.08 bits per heavy atom. The molecule has 0 radical (unpaired) electrons. The molecule has 0 aliphatic carbocycles. The standard InChI is InChI=1S/C17H26NO7P/c1-5-23-26(21,24-6-2)15(16(19)25-13(3)4)18-17(20)22-12-14-10-8-7-9-11-14/h7-11,13,15H,5-6,12H2,1-4H3,(H,18,20)/t15-/m1/s1. The Morgan fingerprint density at radius 2 is 1.65 bits per heavy atom. The lowest BCUT2D eigenvalue weighted by molar-refractivity contribution is -0.148. The van der Waals surface area contributed by atoms with E-state index in [9.17, 15) is 14.2 Å². The third-order valence-corrected chi connectivity index (χ3v) is 5.19. The molecule has 0 aliphatic heterocycles. The molecule has 26 heavy (non-hydrogen) atoms. The van der Waals surface area contributed by atoms with Crippen LogP contribution in [0.25, 0.3) is 0 Å². The van der Waals surface area contributed by atoms with Crippen molar-refractivity contribution in [1.82, 2.24) is 5.32 Å².